The summed E-state index contributed by atoms with van der Waals surface area (Å²) in [5.74, 6) is 0. The third-order valence-electron chi connectivity index (χ3n) is 7.31. The minimum absolute atomic E-state index is 0.111. The van der Waals surface area contributed by atoms with E-state index in [4.69, 9.17) is 0 Å². The van der Waals surface area contributed by atoms with Crippen molar-refractivity contribution in [1.82, 2.24) is 16.0 Å². The average molecular weight is 524 g/mol. The van der Waals surface area contributed by atoms with Gasteiger partial charge in [0, 0.05) is 36.3 Å². The van der Waals surface area contributed by atoms with Gasteiger partial charge in [0.1, 0.15) is 0 Å². The summed E-state index contributed by atoms with van der Waals surface area (Å²) in [6.07, 6.45) is 17.9. The maximum absolute atomic E-state index is 4.39. The normalized spacial score (nSPS) is 19.9. The van der Waals surface area contributed by atoms with Crippen molar-refractivity contribution in [2.75, 3.05) is 13.1 Å². The highest BCUT2D eigenvalue weighted by Gasteiger charge is 2.37. The van der Waals surface area contributed by atoms with Crippen LogP contribution in [0.2, 0.25) is 0 Å². The van der Waals surface area contributed by atoms with Crippen molar-refractivity contribution in [3.05, 3.63) is 120 Å². The third-order valence-corrected chi connectivity index (χ3v) is 7.31. The van der Waals surface area contributed by atoms with Crippen molar-refractivity contribution in [1.29, 1.82) is 0 Å². The second kappa shape index (κ2) is 13.9. The second-order valence-electron chi connectivity index (χ2n) is 12.3. The lowest BCUT2D eigenvalue weighted by Crippen LogP contribution is -2.62. The number of hydrogen-bond donors (Lipinski definition) is 3. The Morgan fingerprint density at radius 2 is 1.79 bits per heavy atom. The highest BCUT2D eigenvalue weighted by molar-refractivity contribution is 5.76. The van der Waals surface area contributed by atoms with E-state index in [1.54, 1.807) is 0 Å². The van der Waals surface area contributed by atoms with E-state index in [0.717, 1.165) is 42.5 Å². The smallest absolute Gasteiger partial charge is 0.0242 e. The zero-order chi connectivity index (χ0) is 28.5. The summed E-state index contributed by atoms with van der Waals surface area (Å²) >= 11 is 0. The Morgan fingerprint density at radius 3 is 2.44 bits per heavy atom. The molecule has 0 amide bonds. The van der Waals surface area contributed by atoms with E-state index >= 15 is 0 Å². The Kier molecular flexibility index (Phi) is 10.9. The number of allylic oxidation sites excluding steroid dienone is 8. The predicted octanol–water partition coefficient (Wildman–Crippen LogP) is 7.60. The number of piperidine rings is 1. The van der Waals surface area contributed by atoms with Gasteiger partial charge in [0.05, 0.1) is 0 Å². The van der Waals surface area contributed by atoms with Gasteiger partial charge in [-0.05, 0) is 101 Å². The second-order valence-corrected chi connectivity index (χ2v) is 12.3. The Bertz CT molecular complexity index is 1180. The van der Waals surface area contributed by atoms with E-state index in [-0.39, 0.29) is 17.1 Å². The quantitative estimate of drug-likeness (QED) is 0.195. The Labute approximate surface area is 238 Å². The van der Waals surface area contributed by atoms with Crippen LogP contribution in [0.25, 0.3) is 5.57 Å². The molecule has 1 atom stereocenters. The van der Waals surface area contributed by atoms with Crippen molar-refractivity contribution in [3.8, 4) is 0 Å². The fraction of sp³-hybridized carbons (Fsp3) is 0.417. The van der Waals surface area contributed by atoms with E-state index in [9.17, 15) is 0 Å². The van der Waals surface area contributed by atoms with Crippen LogP contribution in [0, 0.1) is 0 Å². The summed E-state index contributed by atoms with van der Waals surface area (Å²) in [5, 5.41) is 11.5. The van der Waals surface area contributed by atoms with Gasteiger partial charge in [0.2, 0.25) is 0 Å². The van der Waals surface area contributed by atoms with Crippen LogP contribution >= 0.6 is 0 Å². The topological polar surface area (TPSA) is 36.1 Å². The van der Waals surface area contributed by atoms with Crippen molar-refractivity contribution >= 4 is 5.57 Å². The molecule has 1 aliphatic heterocycles. The highest BCUT2D eigenvalue weighted by atomic mass is 15.1. The van der Waals surface area contributed by atoms with E-state index < -0.39 is 0 Å². The van der Waals surface area contributed by atoms with E-state index in [0.29, 0.717) is 12.6 Å². The average Bonchev–Trinajstić information content (AvgIpc) is 3.10. The molecule has 3 N–H and O–H groups in total. The summed E-state index contributed by atoms with van der Waals surface area (Å²) in [4.78, 5) is 0. The maximum Gasteiger partial charge on any atom is 0.0242 e. The number of hydrogen-bond acceptors (Lipinski definition) is 3. The van der Waals surface area contributed by atoms with Gasteiger partial charge in [-0.2, -0.15) is 0 Å². The van der Waals surface area contributed by atoms with Gasteiger partial charge < -0.3 is 16.0 Å². The third kappa shape index (κ3) is 9.95. The van der Waals surface area contributed by atoms with Crippen LogP contribution in [-0.4, -0.2) is 36.3 Å². The molecule has 3 rings (SSSR count). The molecule has 2 aliphatic rings. The molecular formula is C36H49N3. The molecule has 0 radical (unpaired) electrons. The zero-order valence-corrected chi connectivity index (χ0v) is 25.0. The minimum atomic E-state index is 0.111. The van der Waals surface area contributed by atoms with Gasteiger partial charge >= 0.3 is 0 Å². The van der Waals surface area contributed by atoms with Gasteiger partial charge in [-0.3, -0.25) is 0 Å². The molecule has 0 spiro atoms. The van der Waals surface area contributed by atoms with E-state index in [1.807, 2.05) is 19.9 Å². The van der Waals surface area contributed by atoms with Crippen molar-refractivity contribution in [2.24, 2.45) is 0 Å². The van der Waals surface area contributed by atoms with E-state index in [1.165, 1.54) is 16.7 Å². The number of benzene rings is 1. The Morgan fingerprint density at radius 1 is 1.10 bits per heavy atom. The first-order valence-electron chi connectivity index (χ1n) is 14.3. The molecule has 1 unspecified atom stereocenters. The minimum Gasteiger partial charge on any atom is -0.312 e. The van der Waals surface area contributed by atoms with Gasteiger partial charge in [0.25, 0.3) is 0 Å². The number of rotatable bonds is 12. The Hall–Kier alpha value is -2.94. The molecule has 1 saturated heterocycles. The molecule has 1 aromatic carbocycles. The van der Waals surface area contributed by atoms with Gasteiger partial charge in [-0.1, -0.05) is 79.4 Å². The van der Waals surface area contributed by atoms with Crippen LogP contribution in [0.3, 0.4) is 0 Å². The standard InChI is InChI=1S/C36H49N3/c1-9-10-19-34(27(2)3)28(4)25-37-32(26-38-33-23-35(5,6)39-36(7,8)24-33)22-29-15-14-18-31(21-20-29)30-16-12-11-13-17-30/h9-14,16-21,32-33,37-39H,2,4,22-26H2,1,3,5-8H3/b10-9-,34-19+. The van der Waals surface area contributed by atoms with Crippen LogP contribution in [0.1, 0.15) is 66.4 Å². The predicted molar refractivity (Wildman–Crippen MR) is 171 cm³/mol. The molecule has 0 bridgehead atoms. The van der Waals surface area contributed by atoms with Crippen LogP contribution < -0.4 is 16.0 Å². The summed E-state index contributed by atoms with van der Waals surface area (Å²) in [5.41, 5.74) is 10.6. The van der Waals surface area contributed by atoms with Crippen LogP contribution in [0.15, 0.2) is 114 Å². The fourth-order valence-corrected chi connectivity index (χ4v) is 5.86. The monoisotopic (exact) mass is 523 g/mol. The lowest BCUT2D eigenvalue weighted by Gasteiger charge is -2.47. The first-order chi connectivity index (χ1) is 18.5. The lowest BCUT2D eigenvalue weighted by atomic mass is 9.79. The van der Waals surface area contributed by atoms with Crippen LogP contribution in [0.4, 0.5) is 0 Å². The molecule has 0 saturated carbocycles. The first kappa shape index (κ1) is 30.6. The first-order valence-corrected chi connectivity index (χ1v) is 14.3. The van der Waals surface area contributed by atoms with Gasteiger partial charge in [-0.15, -0.1) is 5.73 Å². The highest BCUT2D eigenvalue weighted by Crippen LogP contribution is 2.28. The number of nitrogens with one attached hydrogen (secondary N) is 3. The van der Waals surface area contributed by atoms with Gasteiger partial charge in [0.15, 0.2) is 0 Å². The molecule has 0 aromatic heterocycles. The molecule has 1 aromatic rings. The lowest BCUT2D eigenvalue weighted by molar-refractivity contribution is 0.144. The molecule has 3 nitrogen and oxygen atoms in total. The van der Waals surface area contributed by atoms with E-state index in [2.05, 4.69) is 129 Å². The molecule has 3 heteroatoms. The molecule has 1 heterocycles. The summed E-state index contributed by atoms with van der Waals surface area (Å²) in [6, 6.07) is 11.2. The largest absolute Gasteiger partial charge is 0.312 e. The maximum atomic E-state index is 4.39. The molecular weight excluding hydrogens is 474 g/mol. The molecule has 39 heavy (non-hydrogen) atoms. The molecule has 208 valence electrons. The zero-order valence-electron chi connectivity index (χ0n) is 25.0. The Balaban J connectivity index is 1.73. The van der Waals surface area contributed by atoms with Crippen molar-refractivity contribution in [3.63, 3.8) is 0 Å². The van der Waals surface area contributed by atoms with Crippen molar-refractivity contribution in [2.45, 2.75) is 84.0 Å². The molecule has 1 fully saturated rings. The summed E-state index contributed by atoms with van der Waals surface area (Å²) < 4.78 is 0. The SMILES string of the molecule is C=C(C)/C(=C\C=C/C)C(=C)CNC(CNC1CC(C)(C)NC(C)(C)C1)CC1=C=CC=C(c2ccccc2)C=C1. The van der Waals surface area contributed by atoms with Crippen molar-refractivity contribution < 1.29 is 0 Å². The fourth-order valence-electron chi connectivity index (χ4n) is 5.86. The van der Waals surface area contributed by atoms with Crippen LogP contribution in [0.5, 0.6) is 0 Å². The van der Waals surface area contributed by atoms with Gasteiger partial charge in [-0.25, -0.2) is 0 Å². The summed E-state index contributed by atoms with van der Waals surface area (Å²) in [7, 11) is 0. The van der Waals surface area contributed by atoms with Crippen LogP contribution in [-0.2, 0) is 0 Å². The molecule has 1 aliphatic carbocycles. The summed E-state index contributed by atoms with van der Waals surface area (Å²) in [6.45, 7) is 23.5.